The van der Waals surface area contributed by atoms with Crippen LogP contribution in [0.3, 0.4) is 0 Å². The molecule has 2 unspecified atom stereocenters. The molecule has 0 fully saturated rings. The second-order valence-electron chi connectivity index (χ2n) is 6.68. The minimum Gasteiger partial charge on any atom is -0.459 e. The van der Waals surface area contributed by atoms with Gasteiger partial charge >= 0.3 is 12.1 Å². The second kappa shape index (κ2) is 7.69. The first-order valence-corrected chi connectivity index (χ1v) is 8.49. The minimum absolute atomic E-state index is 0.542. The lowest BCUT2D eigenvalue weighted by Crippen LogP contribution is -2.32. The monoisotopic (exact) mass is 394 g/mol. The van der Waals surface area contributed by atoms with Gasteiger partial charge in [0.05, 0.1) is 5.92 Å². The van der Waals surface area contributed by atoms with Gasteiger partial charge in [0.25, 0.3) is 0 Å². The van der Waals surface area contributed by atoms with Crippen molar-refractivity contribution in [2.45, 2.75) is 57.1 Å². The zero-order valence-corrected chi connectivity index (χ0v) is 15.3. The van der Waals surface area contributed by atoms with Gasteiger partial charge in [0.15, 0.2) is 0 Å². The highest BCUT2D eigenvalue weighted by Crippen LogP contribution is 2.36. The zero-order valence-electron chi connectivity index (χ0n) is 13.7. The molecule has 1 aromatic rings. The molecule has 1 aromatic carbocycles. The van der Waals surface area contributed by atoms with Crippen LogP contribution >= 0.6 is 15.9 Å². The zero-order chi connectivity index (χ0) is 17.8. The fraction of sp³-hybridized carbons (Fsp3) is 0.588. The Morgan fingerprint density at radius 3 is 2.09 bits per heavy atom. The summed E-state index contributed by atoms with van der Waals surface area (Å²) < 4.78 is 43.6. The Bertz CT molecular complexity index is 518. The fourth-order valence-electron chi connectivity index (χ4n) is 2.36. The number of hydrogen-bond donors (Lipinski definition) is 0. The van der Waals surface area contributed by atoms with Gasteiger partial charge in [-0.2, -0.15) is 13.2 Å². The molecule has 0 aliphatic carbocycles. The Hall–Kier alpha value is -1.04. The number of carbonyl (C=O) groups excluding carboxylic acids is 1. The van der Waals surface area contributed by atoms with Crippen LogP contribution in [0.25, 0.3) is 0 Å². The van der Waals surface area contributed by atoms with Crippen molar-refractivity contribution in [1.29, 1.82) is 0 Å². The predicted molar refractivity (Wildman–Crippen MR) is 87.5 cm³/mol. The van der Waals surface area contributed by atoms with Crippen LogP contribution in [0.4, 0.5) is 13.2 Å². The van der Waals surface area contributed by atoms with Crippen molar-refractivity contribution in [3.05, 3.63) is 35.4 Å². The number of carbonyl (C=O) groups is 1. The number of esters is 1. The standard InChI is InChI=1S/C17H22BrF3O2/c1-11(9-17(19,20)21)14(15(22)23-16(2,3)4)13-7-5-12(10-18)6-8-13/h5-8,11,14H,9-10H2,1-4H3. The number of rotatable bonds is 5. The molecule has 1 rings (SSSR count). The normalized spacial score (nSPS) is 15.1. The summed E-state index contributed by atoms with van der Waals surface area (Å²) in [5, 5.41) is 0.641. The van der Waals surface area contributed by atoms with E-state index < -0.39 is 36.0 Å². The van der Waals surface area contributed by atoms with E-state index in [4.69, 9.17) is 4.74 Å². The largest absolute Gasteiger partial charge is 0.459 e. The molecule has 0 saturated carbocycles. The first-order valence-electron chi connectivity index (χ1n) is 7.37. The Morgan fingerprint density at radius 1 is 1.17 bits per heavy atom. The van der Waals surface area contributed by atoms with Gasteiger partial charge in [0.1, 0.15) is 5.60 Å². The third-order valence-corrected chi connectivity index (χ3v) is 3.92. The molecule has 0 bridgehead atoms. The number of alkyl halides is 4. The average molecular weight is 395 g/mol. The van der Waals surface area contributed by atoms with E-state index in [2.05, 4.69) is 15.9 Å². The summed E-state index contributed by atoms with van der Waals surface area (Å²) in [5.41, 5.74) is 0.782. The van der Waals surface area contributed by atoms with Crippen LogP contribution in [0, 0.1) is 5.92 Å². The number of halogens is 4. The van der Waals surface area contributed by atoms with Crippen molar-refractivity contribution in [3.63, 3.8) is 0 Å². The van der Waals surface area contributed by atoms with E-state index >= 15 is 0 Å². The Labute approximate surface area is 143 Å². The molecule has 2 nitrogen and oxygen atoms in total. The first-order chi connectivity index (χ1) is 10.4. The molecule has 0 aromatic heterocycles. The maximum Gasteiger partial charge on any atom is 0.389 e. The summed E-state index contributed by atoms with van der Waals surface area (Å²) in [5.74, 6) is -2.47. The SMILES string of the molecule is CC(CC(F)(F)F)C(C(=O)OC(C)(C)C)c1ccc(CBr)cc1. The maximum atomic E-state index is 12.7. The van der Waals surface area contributed by atoms with Crippen molar-refractivity contribution in [3.8, 4) is 0 Å². The van der Waals surface area contributed by atoms with Gasteiger partial charge in [-0.1, -0.05) is 47.1 Å². The summed E-state index contributed by atoms with van der Waals surface area (Å²) in [7, 11) is 0. The number of benzene rings is 1. The third-order valence-electron chi connectivity index (χ3n) is 3.28. The summed E-state index contributed by atoms with van der Waals surface area (Å²) >= 11 is 3.32. The van der Waals surface area contributed by atoms with Crippen molar-refractivity contribution in [1.82, 2.24) is 0 Å². The lowest BCUT2D eigenvalue weighted by atomic mass is 9.84. The molecule has 0 N–H and O–H groups in total. The molecule has 2 atom stereocenters. The van der Waals surface area contributed by atoms with Crippen molar-refractivity contribution < 1.29 is 22.7 Å². The van der Waals surface area contributed by atoms with Crippen LogP contribution in [-0.4, -0.2) is 17.7 Å². The van der Waals surface area contributed by atoms with E-state index in [9.17, 15) is 18.0 Å². The van der Waals surface area contributed by atoms with Crippen LogP contribution in [0.1, 0.15) is 51.2 Å². The summed E-state index contributed by atoms with van der Waals surface area (Å²) in [6.07, 6.45) is -5.35. The van der Waals surface area contributed by atoms with Gasteiger partial charge in [0, 0.05) is 11.8 Å². The quantitative estimate of drug-likeness (QED) is 0.480. The molecule has 0 saturated heterocycles. The molecule has 0 aliphatic rings. The highest BCUT2D eigenvalue weighted by molar-refractivity contribution is 9.08. The summed E-state index contributed by atoms with van der Waals surface area (Å²) in [6.45, 7) is 6.53. The average Bonchev–Trinajstić information content (AvgIpc) is 2.35. The lowest BCUT2D eigenvalue weighted by molar-refractivity contribution is -0.163. The molecular formula is C17H22BrF3O2. The number of hydrogen-bond acceptors (Lipinski definition) is 2. The Balaban J connectivity index is 3.11. The molecular weight excluding hydrogens is 373 g/mol. The maximum absolute atomic E-state index is 12.7. The Morgan fingerprint density at radius 2 is 1.70 bits per heavy atom. The van der Waals surface area contributed by atoms with Crippen molar-refractivity contribution in [2.75, 3.05) is 0 Å². The summed E-state index contributed by atoms with van der Waals surface area (Å²) in [4.78, 5) is 12.4. The minimum atomic E-state index is -4.32. The lowest BCUT2D eigenvalue weighted by Gasteiger charge is -2.28. The Kier molecular flexibility index (Phi) is 6.69. The first kappa shape index (κ1) is 20.0. The van der Waals surface area contributed by atoms with Gasteiger partial charge < -0.3 is 4.74 Å². The fourth-order valence-corrected chi connectivity index (χ4v) is 2.73. The van der Waals surface area contributed by atoms with Gasteiger partial charge in [-0.05, 0) is 37.8 Å². The van der Waals surface area contributed by atoms with E-state index in [0.717, 1.165) is 5.56 Å². The molecule has 0 aliphatic heterocycles. The van der Waals surface area contributed by atoms with Gasteiger partial charge in [-0.15, -0.1) is 0 Å². The molecule has 130 valence electrons. The van der Waals surface area contributed by atoms with Crippen LogP contribution in [0.2, 0.25) is 0 Å². The topological polar surface area (TPSA) is 26.3 Å². The van der Waals surface area contributed by atoms with E-state index in [1.54, 1.807) is 45.0 Å². The van der Waals surface area contributed by atoms with Gasteiger partial charge in [-0.3, -0.25) is 4.79 Å². The molecule has 23 heavy (non-hydrogen) atoms. The van der Waals surface area contributed by atoms with E-state index in [-0.39, 0.29) is 0 Å². The van der Waals surface area contributed by atoms with Crippen LogP contribution in [-0.2, 0) is 14.9 Å². The van der Waals surface area contributed by atoms with Crippen LogP contribution < -0.4 is 0 Å². The van der Waals surface area contributed by atoms with E-state index in [0.29, 0.717) is 10.9 Å². The smallest absolute Gasteiger partial charge is 0.389 e. The third kappa shape index (κ3) is 6.94. The van der Waals surface area contributed by atoms with E-state index in [1.807, 2.05) is 0 Å². The number of ether oxygens (including phenoxy) is 1. The molecule has 0 spiro atoms. The molecule has 0 amide bonds. The molecule has 0 radical (unpaired) electrons. The second-order valence-corrected chi connectivity index (χ2v) is 7.24. The molecule has 6 heteroatoms. The van der Waals surface area contributed by atoms with Gasteiger partial charge in [-0.25, -0.2) is 0 Å². The van der Waals surface area contributed by atoms with Crippen LogP contribution in [0.15, 0.2) is 24.3 Å². The van der Waals surface area contributed by atoms with Crippen molar-refractivity contribution in [2.24, 2.45) is 5.92 Å². The summed E-state index contributed by atoms with van der Waals surface area (Å²) in [6, 6.07) is 6.97. The molecule has 0 heterocycles. The van der Waals surface area contributed by atoms with Gasteiger partial charge in [0.2, 0.25) is 0 Å². The highest BCUT2D eigenvalue weighted by atomic mass is 79.9. The van der Waals surface area contributed by atoms with Crippen molar-refractivity contribution >= 4 is 21.9 Å². The predicted octanol–water partition coefficient (Wildman–Crippen LogP) is 5.60. The van der Waals surface area contributed by atoms with E-state index in [1.165, 1.54) is 6.92 Å². The highest BCUT2D eigenvalue weighted by Gasteiger charge is 2.38. The van der Waals surface area contributed by atoms with Crippen LogP contribution in [0.5, 0.6) is 0 Å².